The molecular formula is C9H21ClN2O3S. The van der Waals surface area contributed by atoms with Crippen LogP contribution in [0.5, 0.6) is 0 Å². The number of ether oxygens (including phenoxy) is 1. The molecule has 0 aliphatic rings. The molecule has 0 amide bonds. The van der Waals surface area contributed by atoms with Crippen molar-refractivity contribution in [3.05, 3.63) is 0 Å². The molecule has 16 heavy (non-hydrogen) atoms. The Balaban J connectivity index is 4.18. The third-order valence-electron chi connectivity index (χ3n) is 2.22. The van der Waals surface area contributed by atoms with Crippen molar-refractivity contribution in [2.45, 2.75) is 12.8 Å². The van der Waals surface area contributed by atoms with Crippen LogP contribution in [0.2, 0.25) is 0 Å². The Labute approximate surface area is 103 Å². The largest absolute Gasteiger partial charge is 0.385 e. The third kappa shape index (κ3) is 5.45. The molecule has 0 aromatic carbocycles. The predicted molar refractivity (Wildman–Crippen MR) is 66.0 cm³/mol. The first-order valence-corrected chi connectivity index (χ1v) is 7.12. The van der Waals surface area contributed by atoms with Crippen molar-refractivity contribution < 1.29 is 13.2 Å². The second kappa shape index (κ2) is 8.25. The minimum absolute atomic E-state index is 0.445. The van der Waals surface area contributed by atoms with Gasteiger partial charge in [-0.05, 0) is 12.8 Å². The number of halogens is 1. The van der Waals surface area contributed by atoms with E-state index in [2.05, 4.69) is 0 Å². The minimum Gasteiger partial charge on any atom is -0.385 e. The number of hydrogen-bond donors (Lipinski definition) is 0. The van der Waals surface area contributed by atoms with Crippen LogP contribution in [-0.4, -0.2) is 63.8 Å². The summed E-state index contributed by atoms with van der Waals surface area (Å²) in [6, 6.07) is 0. The molecule has 0 saturated carbocycles. The van der Waals surface area contributed by atoms with Gasteiger partial charge in [-0.1, -0.05) is 0 Å². The Morgan fingerprint density at radius 3 is 2.06 bits per heavy atom. The van der Waals surface area contributed by atoms with E-state index in [0.717, 1.165) is 0 Å². The van der Waals surface area contributed by atoms with Gasteiger partial charge in [0.25, 0.3) is 10.2 Å². The maximum Gasteiger partial charge on any atom is 0.281 e. The zero-order valence-electron chi connectivity index (χ0n) is 10.1. The number of hydrogen-bond acceptors (Lipinski definition) is 3. The van der Waals surface area contributed by atoms with Gasteiger partial charge in [0.2, 0.25) is 0 Å². The lowest BCUT2D eigenvalue weighted by Crippen LogP contribution is -2.40. The molecule has 0 heterocycles. The lowest BCUT2D eigenvalue weighted by Gasteiger charge is -2.24. The first-order chi connectivity index (χ1) is 7.46. The molecule has 0 aromatic heterocycles. The van der Waals surface area contributed by atoms with Crippen LogP contribution >= 0.6 is 11.6 Å². The van der Waals surface area contributed by atoms with Gasteiger partial charge in [-0.2, -0.15) is 17.0 Å². The molecule has 5 nitrogen and oxygen atoms in total. The zero-order chi connectivity index (χ0) is 12.6. The standard InChI is InChI=1S/C9H21ClN2O3S/c1-11(7-4-6-10)16(13,14)12(2)8-5-9-15-3/h4-9H2,1-3H3. The molecule has 0 spiro atoms. The van der Waals surface area contributed by atoms with Crippen molar-refractivity contribution in [1.82, 2.24) is 8.61 Å². The van der Waals surface area contributed by atoms with Gasteiger partial charge in [0.1, 0.15) is 0 Å². The maximum atomic E-state index is 11.9. The van der Waals surface area contributed by atoms with Gasteiger partial charge in [0.15, 0.2) is 0 Å². The fourth-order valence-corrected chi connectivity index (χ4v) is 2.50. The van der Waals surface area contributed by atoms with Gasteiger partial charge in [0, 0.05) is 46.8 Å². The van der Waals surface area contributed by atoms with E-state index in [1.807, 2.05) is 0 Å². The van der Waals surface area contributed by atoms with E-state index in [-0.39, 0.29) is 0 Å². The summed E-state index contributed by atoms with van der Waals surface area (Å²) >= 11 is 5.53. The van der Waals surface area contributed by atoms with Crippen LogP contribution in [0.25, 0.3) is 0 Å². The molecule has 0 fully saturated rings. The Morgan fingerprint density at radius 2 is 1.62 bits per heavy atom. The topological polar surface area (TPSA) is 49.9 Å². The number of methoxy groups -OCH3 is 1. The second-order valence-corrected chi connectivity index (χ2v) is 6.06. The van der Waals surface area contributed by atoms with Crippen molar-refractivity contribution >= 4 is 21.8 Å². The molecular weight excluding hydrogens is 252 g/mol. The van der Waals surface area contributed by atoms with Crippen LogP contribution in [0.1, 0.15) is 12.8 Å². The molecule has 0 bridgehead atoms. The normalized spacial score (nSPS) is 12.6. The molecule has 0 unspecified atom stereocenters. The molecule has 0 aliphatic heterocycles. The summed E-state index contributed by atoms with van der Waals surface area (Å²) in [6.45, 7) is 1.47. The first-order valence-electron chi connectivity index (χ1n) is 5.19. The summed E-state index contributed by atoms with van der Waals surface area (Å²) < 4.78 is 31.3. The van der Waals surface area contributed by atoms with Gasteiger partial charge < -0.3 is 4.74 Å². The van der Waals surface area contributed by atoms with Crippen LogP contribution in [0, 0.1) is 0 Å². The summed E-state index contributed by atoms with van der Waals surface area (Å²) in [7, 11) is 1.39. The fraction of sp³-hybridized carbons (Fsp3) is 1.00. The first kappa shape index (κ1) is 16.1. The van der Waals surface area contributed by atoms with E-state index >= 15 is 0 Å². The molecule has 98 valence electrons. The molecule has 7 heteroatoms. The van der Waals surface area contributed by atoms with E-state index in [9.17, 15) is 8.42 Å². The van der Waals surface area contributed by atoms with Crippen molar-refractivity contribution in [2.24, 2.45) is 0 Å². The summed E-state index contributed by atoms with van der Waals surface area (Å²) in [5.41, 5.74) is 0. The van der Waals surface area contributed by atoms with E-state index in [1.54, 1.807) is 21.2 Å². The average molecular weight is 273 g/mol. The molecule has 0 N–H and O–H groups in total. The van der Waals surface area contributed by atoms with Crippen LogP contribution in [0.15, 0.2) is 0 Å². The Kier molecular flexibility index (Phi) is 8.31. The Hall–Kier alpha value is 0.120. The highest BCUT2D eigenvalue weighted by atomic mass is 35.5. The van der Waals surface area contributed by atoms with Gasteiger partial charge in [-0.15, -0.1) is 11.6 Å². The number of alkyl halides is 1. The summed E-state index contributed by atoms with van der Waals surface area (Å²) in [6.07, 6.45) is 1.35. The van der Waals surface area contributed by atoms with Crippen molar-refractivity contribution in [1.29, 1.82) is 0 Å². The molecule has 0 aromatic rings. The van der Waals surface area contributed by atoms with E-state index < -0.39 is 10.2 Å². The van der Waals surface area contributed by atoms with Crippen molar-refractivity contribution in [3.8, 4) is 0 Å². The van der Waals surface area contributed by atoms with Crippen molar-refractivity contribution in [3.63, 3.8) is 0 Å². The highest BCUT2D eigenvalue weighted by Gasteiger charge is 2.22. The van der Waals surface area contributed by atoms with E-state index in [0.29, 0.717) is 38.4 Å². The predicted octanol–water partition coefficient (Wildman–Crippen LogP) is 0.760. The van der Waals surface area contributed by atoms with Crippen LogP contribution in [-0.2, 0) is 14.9 Å². The van der Waals surface area contributed by atoms with Gasteiger partial charge in [-0.25, -0.2) is 0 Å². The second-order valence-electron chi connectivity index (χ2n) is 3.54. The van der Waals surface area contributed by atoms with Gasteiger partial charge in [-0.3, -0.25) is 0 Å². The highest BCUT2D eigenvalue weighted by Crippen LogP contribution is 2.05. The molecule has 0 rings (SSSR count). The SMILES string of the molecule is COCCCN(C)S(=O)(=O)N(C)CCCCl. The smallest absolute Gasteiger partial charge is 0.281 e. The lowest BCUT2D eigenvalue weighted by molar-refractivity contribution is 0.189. The molecule has 0 aliphatic carbocycles. The Morgan fingerprint density at radius 1 is 1.12 bits per heavy atom. The highest BCUT2D eigenvalue weighted by molar-refractivity contribution is 7.86. The number of rotatable bonds is 9. The van der Waals surface area contributed by atoms with Gasteiger partial charge in [0.05, 0.1) is 0 Å². The monoisotopic (exact) mass is 272 g/mol. The molecule has 0 radical (unpaired) electrons. The fourth-order valence-electron chi connectivity index (χ4n) is 1.18. The van der Waals surface area contributed by atoms with Crippen LogP contribution in [0.4, 0.5) is 0 Å². The Bertz CT molecular complexity index is 272. The van der Waals surface area contributed by atoms with Crippen LogP contribution < -0.4 is 0 Å². The van der Waals surface area contributed by atoms with Gasteiger partial charge >= 0.3 is 0 Å². The summed E-state index contributed by atoms with van der Waals surface area (Å²) in [4.78, 5) is 0. The minimum atomic E-state index is -3.34. The van der Waals surface area contributed by atoms with E-state index in [1.165, 1.54) is 8.61 Å². The lowest BCUT2D eigenvalue weighted by atomic mass is 10.5. The maximum absolute atomic E-state index is 11.9. The quantitative estimate of drug-likeness (QED) is 0.460. The summed E-state index contributed by atoms with van der Waals surface area (Å²) in [5, 5.41) is 0. The van der Waals surface area contributed by atoms with Crippen molar-refractivity contribution in [2.75, 3.05) is 46.8 Å². The molecule has 0 saturated heterocycles. The zero-order valence-corrected chi connectivity index (χ0v) is 11.7. The number of nitrogens with zero attached hydrogens (tertiary/aromatic N) is 2. The van der Waals surface area contributed by atoms with E-state index in [4.69, 9.17) is 16.3 Å². The van der Waals surface area contributed by atoms with Crippen LogP contribution in [0.3, 0.4) is 0 Å². The molecule has 0 atom stereocenters. The summed E-state index contributed by atoms with van der Waals surface area (Å²) in [5.74, 6) is 0.466. The third-order valence-corrected chi connectivity index (χ3v) is 4.42. The average Bonchev–Trinajstić information content (AvgIpc) is 2.25.